The molecule has 0 unspecified atom stereocenters. The van der Waals surface area contributed by atoms with Crippen molar-refractivity contribution in [2.24, 2.45) is 0 Å². The van der Waals surface area contributed by atoms with E-state index in [2.05, 4.69) is 36.1 Å². The van der Waals surface area contributed by atoms with Crippen LogP contribution in [0.5, 0.6) is 0 Å². The molecular formula is C19H29N3O3. The third-order valence-corrected chi connectivity index (χ3v) is 4.53. The van der Waals surface area contributed by atoms with Crippen LogP contribution in [0.4, 0.5) is 4.79 Å². The Morgan fingerprint density at radius 1 is 1.04 bits per heavy atom. The SMILES string of the molecule is CCOC(=O)N1CCN(CC(=O)N(C)Cc2ccc(CC)cc2)CC1. The minimum absolute atomic E-state index is 0.101. The normalized spacial score (nSPS) is 15.1. The molecular weight excluding hydrogens is 318 g/mol. The van der Waals surface area contributed by atoms with Gasteiger partial charge in [0.05, 0.1) is 13.2 Å². The number of benzene rings is 1. The molecule has 0 aromatic heterocycles. The lowest BCUT2D eigenvalue weighted by Crippen LogP contribution is -2.51. The summed E-state index contributed by atoms with van der Waals surface area (Å²) in [5, 5.41) is 0. The lowest BCUT2D eigenvalue weighted by atomic mass is 10.1. The molecule has 6 nitrogen and oxygen atoms in total. The summed E-state index contributed by atoms with van der Waals surface area (Å²) in [5.74, 6) is 0.101. The molecule has 2 amide bonds. The minimum Gasteiger partial charge on any atom is -0.450 e. The van der Waals surface area contributed by atoms with Crippen molar-refractivity contribution in [2.45, 2.75) is 26.8 Å². The summed E-state index contributed by atoms with van der Waals surface area (Å²) in [6.45, 7) is 7.94. The van der Waals surface area contributed by atoms with E-state index in [-0.39, 0.29) is 12.0 Å². The Bertz CT molecular complexity index is 566. The maximum Gasteiger partial charge on any atom is 0.409 e. The number of nitrogens with zero attached hydrogens (tertiary/aromatic N) is 3. The molecule has 25 heavy (non-hydrogen) atoms. The van der Waals surface area contributed by atoms with Crippen molar-refractivity contribution in [3.63, 3.8) is 0 Å². The van der Waals surface area contributed by atoms with Gasteiger partial charge in [-0.15, -0.1) is 0 Å². The van der Waals surface area contributed by atoms with Crippen LogP contribution >= 0.6 is 0 Å². The molecule has 1 aromatic rings. The lowest BCUT2D eigenvalue weighted by molar-refractivity contribution is -0.132. The Morgan fingerprint density at radius 3 is 2.20 bits per heavy atom. The summed E-state index contributed by atoms with van der Waals surface area (Å²) < 4.78 is 5.01. The van der Waals surface area contributed by atoms with Gasteiger partial charge in [-0.2, -0.15) is 0 Å². The molecule has 0 atom stereocenters. The van der Waals surface area contributed by atoms with Gasteiger partial charge >= 0.3 is 6.09 Å². The summed E-state index contributed by atoms with van der Waals surface area (Å²) >= 11 is 0. The van der Waals surface area contributed by atoms with Crippen LogP contribution in [0.3, 0.4) is 0 Å². The Kier molecular flexibility index (Phi) is 7.25. The Morgan fingerprint density at radius 2 is 1.64 bits per heavy atom. The maximum absolute atomic E-state index is 12.4. The second-order valence-electron chi connectivity index (χ2n) is 6.38. The number of hydrogen-bond donors (Lipinski definition) is 0. The predicted molar refractivity (Wildman–Crippen MR) is 97.3 cm³/mol. The van der Waals surface area contributed by atoms with Crippen molar-refractivity contribution in [2.75, 3.05) is 46.4 Å². The second kappa shape index (κ2) is 9.42. The van der Waals surface area contributed by atoms with Gasteiger partial charge in [-0.3, -0.25) is 9.69 Å². The first-order chi connectivity index (χ1) is 12.0. The predicted octanol–water partition coefficient (Wildman–Crippen LogP) is 1.98. The van der Waals surface area contributed by atoms with E-state index in [1.54, 1.807) is 16.7 Å². The van der Waals surface area contributed by atoms with E-state index in [1.807, 2.05) is 7.05 Å². The van der Waals surface area contributed by atoms with Crippen LogP contribution in [0.2, 0.25) is 0 Å². The molecule has 1 aliphatic rings. The summed E-state index contributed by atoms with van der Waals surface area (Å²) in [7, 11) is 1.84. The topological polar surface area (TPSA) is 53.1 Å². The van der Waals surface area contributed by atoms with E-state index in [0.29, 0.717) is 45.9 Å². The van der Waals surface area contributed by atoms with Crippen LogP contribution in [-0.4, -0.2) is 73.1 Å². The average molecular weight is 347 g/mol. The van der Waals surface area contributed by atoms with Gasteiger partial charge in [0.15, 0.2) is 0 Å². The molecule has 0 saturated carbocycles. The lowest BCUT2D eigenvalue weighted by Gasteiger charge is -2.34. The van der Waals surface area contributed by atoms with Crippen molar-refractivity contribution in [1.82, 2.24) is 14.7 Å². The number of ether oxygens (including phenoxy) is 1. The van der Waals surface area contributed by atoms with Gasteiger partial charge in [0.2, 0.25) is 5.91 Å². The summed E-state index contributed by atoms with van der Waals surface area (Å²) in [6, 6.07) is 8.39. The first-order valence-electron chi connectivity index (χ1n) is 8.99. The highest BCUT2D eigenvalue weighted by atomic mass is 16.6. The van der Waals surface area contributed by atoms with Gasteiger partial charge in [-0.1, -0.05) is 31.2 Å². The van der Waals surface area contributed by atoms with Crippen molar-refractivity contribution in [1.29, 1.82) is 0 Å². The molecule has 1 aromatic carbocycles. The first-order valence-corrected chi connectivity index (χ1v) is 8.99. The number of aryl methyl sites for hydroxylation is 1. The third kappa shape index (κ3) is 5.74. The number of piperazine rings is 1. The van der Waals surface area contributed by atoms with E-state index in [4.69, 9.17) is 4.74 Å². The van der Waals surface area contributed by atoms with Gasteiger partial charge in [-0.05, 0) is 24.5 Å². The van der Waals surface area contributed by atoms with E-state index in [1.165, 1.54) is 5.56 Å². The molecule has 1 saturated heterocycles. The molecule has 6 heteroatoms. The van der Waals surface area contributed by atoms with Crippen molar-refractivity contribution < 1.29 is 14.3 Å². The van der Waals surface area contributed by atoms with Gasteiger partial charge in [0.25, 0.3) is 0 Å². The Balaban J connectivity index is 1.76. The highest BCUT2D eigenvalue weighted by Crippen LogP contribution is 2.09. The summed E-state index contributed by atoms with van der Waals surface area (Å²) in [4.78, 5) is 29.7. The zero-order chi connectivity index (χ0) is 18.2. The number of rotatable bonds is 6. The fourth-order valence-electron chi connectivity index (χ4n) is 2.86. The molecule has 138 valence electrons. The molecule has 1 fully saturated rings. The zero-order valence-corrected chi connectivity index (χ0v) is 15.5. The van der Waals surface area contributed by atoms with Gasteiger partial charge in [0, 0.05) is 39.8 Å². The van der Waals surface area contributed by atoms with E-state index in [0.717, 1.165) is 12.0 Å². The van der Waals surface area contributed by atoms with Crippen LogP contribution in [0.15, 0.2) is 24.3 Å². The Hall–Kier alpha value is -2.08. The number of likely N-dealkylation sites (N-methyl/N-ethyl adjacent to an activating group) is 1. The van der Waals surface area contributed by atoms with Crippen LogP contribution < -0.4 is 0 Å². The van der Waals surface area contributed by atoms with E-state index < -0.39 is 0 Å². The molecule has 1 heterocycles. The standard InChI is InChI=1S/C19H29N3O3/c1-4-16-6-8-17(9-7-16)14-20(3)18(23)15-21-10-12-22(13-11-21)19(24)25-5-2/h6-9H,4-5,10-15H2,1-3H3. The highest BCUT2D eigenvalue weighted by Gasteiger charge is 2.23. The van der Waals surface area contributed by atoms with Gasteiger partial charge in [-0.25, -0.2) is 4.79 Å². The Labute approximate surface area is 150 Å². The minimum atomic E-state index is -0.263. The van der Waals surface area contributed by atoms with E-state index >= 15 is 0 Å². The molecule has 0 spiro atoms. The number of hydrogen-bond acceptors (Lipinski definition) is 4. The first kappa shape index (κ1) is 19.2. The van der Waals surface area contributed by atoms with Crippen LogP contribution in [0.25, 0.3) is 0 Å². The number of amides is 2. The maximum atomic E-state index is 12.4. The van der Waals surface area contributed by atoms with Crippen LogP contribution in [-0.2, 0) is 22.5 Å². The van der Waals surface area contributed by atoms with Gasteiger partial charge in [0.1, 0.15) is 0 Å². The largest absolute Gasteiger partial charge is 0.450 e. The molecule has 0 aliphatic carbocycles. The fourth-order valence-corrected chi connectivity index (χ4v) is 2.86. The van der Waals surface area contributed by atoms with Crippen molar-refractivity contribution in [3.05, 3.63) is 35.4 Å². The summed E-state index contributed by atoms with van der Waals surface area (Å²) in [6.07, 6.45) is 0.758. The molecule has 0 N–H and O–H groups in total. The quantitative estimate of drug-likeness (QED) is 0.790. The van der Waals surface area contributed by atoms with Crippen molar-refractivity contribution >= 4 is 12.0 Å². The molecule has 1 aliphatic heterocycles. The second-order valence-corrected chi connectivity index (χ2v) is 6.38. The van der Waals surface area contributed by atoms with E-state index in [9.17, 15) is 9.59 Å². The van der Waals surface area contributed by atoms with Crippen molar-refractivity contribution in [3.8, 4) is 0 Å². The molecule has 0 radical (unpaired) electrons. The number of carbonyl (C=O) groups excluding carboxylic acids is 2. The third-order valence-electron chi connectivity index (χ3n) is 4.53. The fraction of sp³-hybridized carbons (Fsp3) is 0.579. The van der Waals surface area contributed by atoms with Gasteiger partial charge < -0.3 is 14.5 Å². The smallest absolute Gasteiger partial charge is 0.409 e. The average Bonchev–Trinajstić information content (AvgIpc) is 2.63. The van der Waals surface area contributed by atoms with Crippen LogP contribution in [0, 0.1) is 0 Å². The summed E-state index contributed by atoms with van der Waals surface area (Å²) in [5.41, 5.74) is 2.44. The zero-order valence-electron chi connectivity index (χ0n) is 15.5. The monoisotopic (exact) mass is 347 g/mol. The molecule has 0 bridgehead atoms. The number of carbonyl (C=O) groups is 2. The molecule has 2 rings (SSSR count). The highest BCUT2D eigenvalue weighted by molar-refractivity contribution is 5.78. The van der Waals surface area contributed by atoms with Crippen LogP contribution in [0.1, 0.15) is 25.0 Å².